The van der Waals surface area contributed by atoms with Gasteiger partial charge in [0, 0.05) is 18.2 Å². The van der Waals surface area contributed by atoms with E-state index in [4.69, 9.17) is 21.1 Å². The fraction of sp³-hybridized carbons (Fsp3) is 0.500. The van der Waals surface area contributed by atoms with Gasteiger partial charge in [0.05, 0.1) is 0 Å². The number of rotatable bonds is 3. The van der Waals surface area contributed by atoms with Crippen molar-refractivity contribution in [3.63, 3.8) is 0 Å². The van der Waals surface area contributed by atoms with E-state index in [-0.39, 0.29) is 13.0 Å². The van der Waals surface area contributed by atoms with Crippen molar-refractivity contribution in [3.8, 4) is 0 Å². The molecule has 1 aliphatic carbocycles. The van der Waals surface area contributed by atoms with Gasteiger partial charge in [-0.1, -0.05) is 6.08 Å². The van der Waals surface area contributed by atoms with E-state index in [2.05, 4.69) is 0 Å². The van der Waals surface area contributed by atoms with Gasteiger partial charge in [-0.15, -0.1) is 0 Å². The molecule has 0 heterocycles. The molecule has 1 aliphatic rings. The van der Waals surface area contributed by atoms with E-state index < -0.39 is 20.9 Å². The molecule has 86 valence electrons. The van der Waals surface area contributed by atoms with Gasteiger partial charge >= 0.3 is 0 Å². The summed E-state index contributed by atoms with van der Waals surface area (Å²) in [6.07, 6.45) is 3.99. The van der Waals surface area contributed by atoms with Gasteiger partial charge < -0.3 is 16.6 Å². The summed E-state index contributed by atoms with van der Waals surface area (Å²) < 4.78 is 31.3. The van der Waals surface area contributed by atoms with Crippen LogP contribution < -0.4 is 11.5 Å². The van der Waals surface area contributed by atoms with Crippen molar-refractivity contribution in [1.29, 1.82) is 0 Å². The molecule has 0 saturated heterocycles. The molecular formula is C8H14N2O4S. The third kappa shape index (κ3) is 2.20. The zero-order valence-corrected chi connectivity index (χ0v) is 8.81. The summed E-state index contributed by atoms with van der Waals surface area (Å²) >= 11 is 0. The topological polar surface area (TPSA) is 127 Å². The molecule has 0 bridgehead atoms. The highest BCUT2D eigenvalue weighted by Crippen LogP contribution is 2.30. The molecule has 0 aromatic heterocycles. The lowest BCUT2D eigenvalue weighted by Crippen LogP contribution is -2.53. The van der Waals surface area contributed by atoms with E-state index in [0.717, 1.165) is 6.08 Å². The Morgan fingerprint density at radius 3 is 2.60 bits per heavy atom. The van der Waals surface area contributed by atoms with Crippen LogP contribution in [0.2, 0.25) is 0 Å². The summed E-state index contributed by atoms with van der Waals surface area (Å²) in [6.45, 7) is -0.239. The summed E-state index contributed by atoms with van der Waals surface area (Å²) in [6, 6.07) is 0. The molecule has 15 heavy (non-hydrogen) atoms. The first-order chi connectivity index (χ1) is 6.81. The van der Waals surface area contributed by atoms with Gasteiger partial charge in [0.25, 0.3) is 10.1 Å². The maximum Gasteiger partial charge on any atom is 0.288 e. The summed E-state index contributed by atoms with van der Waals surface area (Å²) in [5, 5.41) is 8.78. The van der Waals surface area contributed by atoms with Crippen molar-refractivity contribution in [1.82, 2.24) is 0 Å². The van der Waals surface area contributed by atoms with E-state index in [1.807, 2.05) is 0 Å². The van der Waals surface area contributed by atoms with Crippen LogP contribution in [-0.4, -0.2) is 29.6 Å². The number of aliphatic hydroxyl groups is 1. The van der Waals surface area contributed by atoms with Crippen LogP contribution in [0, 0.1) is 5.92 Å². The summed E-state index contributed by atoms with van der Waals surface area (Å²) in [5.41, 5.74) is 11.4. The molecular weight excluding hydrogens is 220 g/mol. The van der Waals surface area contributed by atoms with Crippen molar-refractivity contribution in [2.24, 2.45) is 17.4 Å². The number of hydrogen-bond acceptors (Lipinski definition) is 5. The second kappa shape index (κ2) is 3.93. The molecule has 0 spiro atoms. The van der Waals surface area contributed by atoms with Crippen LogP contribution in [0.4, 0.5) is 0 Å². The molecule has 6 N–H and O–H groups in total. The third-order valence-electron chi connectivity index (χ3n) is 2.40. The Morgan fingerprint density at radius 2 is 2.13 bits per heavy atom. The molecule has 0 aromatic carbocycles. The highest BCUT2D eigenvalue weighted by Gasteiger charge is 2.44. The highest BCUT2D eigenvalue weighted by molar-refractivity contribution is 7.87. The lowest BCUT2D eigenvalue weighted by molar-refractivity contribution is 0.255. The second-order valence-corrected chi connectivity index (χ2v) is 5.10. The van der Waals surface area contributed by atoms with Crippen LogP contribution in [0.15, 0.2) is 23.9 Å². The minimum Gasteiger partial charge on any atom is -0.399 e. The quantitative estimate of drug-likeness (QED) is 0.461. The van der Waals surface area contributed by atoms with Crippen LogP contribution in [0.5, 0.6) is 0 Å². The van der Waals surface area contributed by atoms with Crippen molar-refractivity contribution in [2.75, 3.05) is 6.61 Å². The fourth-order valence-corrected chi connectivity index (χ4v) is 2.30. The first kappa shape index (κ1) is 12.2. The first-order valence-electron chi connectivity index (χ1n) is 4.34. The predicted molar refractivity (Wildman–Crippen MR) is 55.1 cm³/mol. The second-order valence-electron chi connectivity index (χ2n) is 3.45. The van der Waals surface area contributed by atoms with Gasteiger partial charge in [0.2, 0.25) is 0 Å². The maximum absolute atomic E-state index is 11.1. The zero-order valence-electron chi connectivity index (χ0n) is 8.00. The van der Waals surface area contributed by atoms with Crippen LogP contribution in [-0.2, 0) is 10.1 Å². The molecule has 0 amide bonds. The monoisotopic (exact) mass is 234 g/mol. The summed E-state index contributed by atoms with van der Waals surface area (Å²) in [5.74, 6) is -0.734. The van der Waals surface area contributed by atoms with Crippen LogP contribution in [0.3, 0.4) is 0 Å². The number of allylic oxidation sites excluding steroid dienone is 1. The van der Waals surface area contributed by atoms with Gasteiger partial charge in [-0.05, 0) is 18.6 Å². The van der Waals surface area contributed by atoms with Crippen molar-refractivity contribution < 1.29 is 18.1 Å². The van der Waals surface area contributed by atoms with Gasteiger partial charge in [0.15, 0.2) is 4.87 Å². The Balaban J connectivity index is 3.14. The van der Waals surface area contributed by atoms with Crippen molar-refractivity contribution in [3.05, 3.63) is 23.9 Å². The number of hydrogen-bond donors (Lipinski definition) is 4. The third-order valence-corrected chi connectivity index (χ3v) is 3.73. The molecule has 0 radical (unpaired) electrons. The SMILES string of the molecule is NC1=CC(CCO)C(N)(S(=O)(=O)O)C=C1. The standard InChI is InChI=1S/C8H14N2O4S/c9-7-1-3-8(10,15(12,13)14)6(5-7)2-4-11/h1,3,5-6,11H,2,4,9-10H2,(H,12,13,14). The predicted octanol–water partition coefficient (Wildman–Crippen LogP) is -1.06. The Hall–Kier alpha value is -0.890. The van der Waals surface area contributed by atoms with Gasteiger partial charge in [0.1, 0.15) is 0 Å². The Bertz CT molecular complexity index is 401. The van der Waals surface area contributed by atoms with Crippen LogP contribution in [0.25, 0.3) is 0 Å². The first-order valence-corrected chi connectivity index (χ1v) is 5.78. The minimum atomic E-state index is -4.44. The zero-order chi connectivity index (χ0) is 11.7. The number of aliphatic hydroxyl groups excluding tert-OH is 1. The van der Waals surface area contributed by atoms with E-state index in [1.165, 1.54) is 12.2 Å². The smallest absolute Gasteiger partial charge is 0.288 e. The number of nitrogens with two attached hydrogens (primary N) is 2. The van der Waals surface area contributed by atoms with E-state index >= 15 is 0 Å². The molecule has 0 saturated carbocycles. The largest absolute Gasteiger partial charge is 0.399 e. The van der Waals surface area contributed by atoms with Crippen LogP contribution in [0.1, 0.15) is 6.42 Å². The Labute approximate surface area is 88.0 Å². The van der Waals surface area contributed by atoms with E-state index in [1.54, 1.807) is 0 Å². The van der Waals surface area contributed by atoms with Crippen LogP contribution >= 0.6 is 0 Å². The minimum absolute atomic E-state index is 0.112. The molecule has 2 atom stereocenters. The molecule has 6 nitrogen and oxygen atoms in total. The Kier molecular flexibility index (Phi) is 3.19. The van der Waals surface area contributed by atoms with Crippen molar-refractivity contribution >= 4 is 10.1 Å². The van der Waals surface area contributed by atoms with Gasteiger partial charge in [-0.25, -0.2) is 0 Å². The molecule has 0 aromatic rings. The molecule has 7 heteroatoms. The lowest BCUT2D eigenvalue weighted by Gasteiger charge is -2.32. The normalized spacial score (nSPS) is 31.4. The molecule has 1 rings (SSSR count). The maximum atomic E-state index is 11.1. The van der Waals surface area contributed by atoms with Crippen molar-refractivity contribution in [2.45, 2.75) is 11.3 Å². The molecule has 0 aliphatic heterocycles. The Morgan fingerprint density at radius 1 is 1.53 bits per heavy atom. The van der Waals surface area contributed by atoms with Gasteiger partial charge in [-0.2, -0.15) is 8.42 Å². The summed E-state index contributed by atoms with van der Waals surface area (Å²) in [7, 11) is -4.44. The average Bonchev–Trinajstić information content (AvgIpc) is 2.10. The fourth-order valence-electron chi connectivity index (χ4n) is 1.49. The summed E-state index contributed by atoms with van der Waals surface area (Å²) in [4.78, 5) is -1.90. The van der Waals surface area contributed by atoms with Gasteiger partial charge in [-0.3, -0.25) is 4.55 Å². The average molecular weight is 234 g/mol. The molecule has 0 fully saturated rings. The highest BCUT2D eigenvalue weighted by atomic mass is 32.2. The van der Waals surface area contributed by atoms with E-state index in [9.17, 15) is 8.42 Å². The lowest BCUT2D eigenvalue weighted by atomic mass is 9.91. The molecule has 2 unspecified atom stereocenters. The van der Waals surface area contributed by atoms with E-state index in [0.29, 0.717) is 5.70 Å².